The lowest BCUT2D eigenvalue weighted by Crippen LogP contribution is -2.28. The number of aromatic nitrogens is 4. The van der Waals surface area contributed by atoms with Crippen LogP contribution < -0.4 is 9.47 Å². The van der Waals surface area contributed by atoms with E-state index in [1.807, 2.05) is 22.9 Å². The number of benzene rings is 1. The van der Waals surface area contributed by atoms with Crippen molar-refractivity contribution < 1.29 is 14.3 Å². The molecule has 0 radical (unpaired) electrons. The van der Waals surface area contributed by atoms with E-state index < -0.39 is 0 Å². The summed E-state index contributed by atoms with van der Waals surface area (Å²) in [6.45, 7) is 0.438. The molecule has 1 amide bonds. The first kappa shape index (κ1) is 19.5. The first-order valence-corrected chi connectivity index (χ1v) is 9.97. The molecule has 0 saturated heterocycles. The van der Waals surface area contributed by atoms with E-state index in [4.69, 9.17) is 9.47 Å². The fourth-order valence-electron chi connectivity index (χ4n) is 3.32. The molecule has 0 atom stereocenters. The van der Waals surface area contributed by atoms with Crippen molar-refractivity contribution in [1.29, 1.82) is 0 Å². The highest BCUT2D eigenvalue weighted by atomic mass is 32.2. The van der Waals surface area contributed by atoms with Gasteiger partial charge in [0.05, 0.1) is 26.0 Å². The van der Waals surface area contributed by atoms with Gasteiger partial charge < -0.3 is 14.4 Å². The Hall–Kier alpha value is -2.29. The van der Waals surface area contributed by atoms with E-state index in [9.17, 15) is 4.79 Å². The molecule has 1 fully saturated rings. The number of hydrogen-bond donors (Lipinski definition) is 0. The Morgan fingerprint density at radius 2 is 2.07 bits per heavy atom. The fraction of sp³-hybridized carbons (Fsp3) is 0.556. The number of tetrazole rings is 1. The fourth-order valence-corrected chi connectivity index (χ4v) is 4.20. The van der Waals surface area contributed by atoms with Crippen molar-refractivity contribution in [1.82, 2.24) is 25.1 Å². The summed E-state index contributed by atoms with van der Waals surface area (Å²) >= 11 is 1.38. The predicted octanol–water partition coefficient (Wildman–Crippen LogP) is 2.56. The number of rotatable bonds is 8. The van der Waals surface area contributed by atoms with E-state index in [1.54, 1.807) is 26.2 Å². The van der Waals surface area contributed by atoms with Crippen LogP contribution in [0.2, 0.25) is 0 Å². The highest BCUT2D eigenvalue weighted by Crippen LogP contribution is 2.32. The minimum atomic E-state index is 0.00541. The molecule has 9 heteroatoms. The second-order valence-electron chi connectivity index (χ2n) is 6.54. The van der Waals surface area contributed by atoms with Crippen LogP contribution in [0.1, 0.15) is 37.3 Å². The van der Waals surface area contributed by atoms with E-state index in [0.29, 0.717) is 29.2 Å². The topological polar surface area (TPSA) is 82.4 Å². The van der Waals surface area contributed by atoms with Crippen LogP contribution in [0.25, 0.3) is 0 Å². The van der Waals surface area contributed by atoms with Gasteiger partial charge in [0.15, 0.2) is 11.5 Å². The molecule has 0 N–H and O–H groups in total. The maximum atomic E-state index is 12.6. The second-order valence-corrected chi connectivity index (χ2v) is 7.48. The number of hydrogen-bond acceptors (Lipinski definition) is 7. The number of amides is 1. The smallest absolute Gasteiger partial charge is 0.233 e. The van der Waals surface area contributed by atoms with Crippen molar-refractivity contribution in [3.8, 4) is 11.5 Å². The lowest BCUT2D eigenvalue weighted by atomic mass is 10.1. The van der Waals surface area contributed by atoms with Gasteiger partial charge in [-0.2, -0.15) is 0 Å². The quantitative estimate of drug-likeness (QED) is 0.640. The van der Waals surface area contributed by atoms with Gasteiger partial charge in [0, 0.05) is 19.2 Å². The number of thioether (sulfide) groups is 1. The summed E-state index contributed by atoms with van der Waals surface area (Å²) in [7, 11) is 4.98. The molecule has 1 aromatic heterocycles. The first-order valence-electron chi connectivity index (χ1n) is 8.98. The van der Waals surface area contributed by atoms with Crippen molar-refractivity contribution in [2.75, 3.05) is 27.0 Å². The Balaban J connectivity index is 1.60. The SMILES string of the molecule is COc1cccc(CN(C)C(=O)CSc2nnnn2C2CCCC2)c1OC. The third kappa shape index (κ3) is 4.52. The Morgan fingerprint density at radius 3 is 2.78 bits per heavy atom. The molecular weight excluding hydrogens is 366 g/mol. The molecule has 1 saturated carbocycles. The van der Waals surface area contributed by atoms with E-state index >= 15 is 0 Å². The molecule has 2 aromatic rings. The van der Waals surface area contributed by atoms with Gasteiger partial charge >= 0.3 is 0 Å². The first-order chi connectivity index (χ1) is 13.1. The molecule has 0 aliphatic heterocycles. The van der Waals surface area contributed by atoms with Crippen molar-refractivity contribution in [3.63, 3.8) is 0 Å². The largest absolute Gasteiger partial charge is 0.493 e. The van der Waals surface area contributed by atoms with Gasteiger partial charge in [0.2, 0.25) is 11.1 Å². The monoisotopic (exact) mass is 391 g/mol. The van der Waals surface area contributed by atoms with Crippen molar-refractivity contribution in [2.45, 2.75) is 43.4 Å². The molecule has 1 heterocycles. The third-order valence-corrected chi connectivity index (χ3v) is 5.69. The van der Waals surface area contributed by atoms with Crippen molar-refractivity contribution in [2.24, 2.45) is 0 Å². The van der Waals surface area contributed by atoms with E-state index in [0.717, 1.165) is 18.4 Å². The number of methoxy groups -OCH3 is 2. The standard InChI is InChI=1S/C18H25N5O3S/c1-22(11-13-7-6-10-15(25-2)17(13)26-3)16(24)12-27-18-19-20-21-23(18)14-8-4-5-9-14/h6-7,10,14H,4-5,8-9,11-12H2,1-3H3. The van der Waals surface area contributed by atoms with E-state index in [1.165, 1.54) is 24.6 Å². The zero-order valence-corrected chi connectivity index (χ0v) is 16.7. The summed E-state index contributed by atoms with van der Waals surface area (Å²) in [5.41, 5.74) is 0.897. The van der Waals surface area contributed by atoms with Gasteiger partial charge in [-0.25, -0.2) is 4.68 Å². The number of carbonyl (C=O) groups excluding carboxylic acids is 1. The number of carbonyl (C=O) groups is 1. The zero-order valence-electron chi connectivity index (χ0n) is 15.9. The molecule has 1 aromatic carbocycles. The van der Waals surface area contributed by atoms with Crippen molar-refractivity contribution >= 4 is 17.7 Å². The normalized spacial score (nSPS) is 14.3. The van der Waals surface area contributed by atoms with Crippen LogP contribution >= 0.6 is 11.8 Å². The summed E-state index contributed by atoms with van der Waals surface area (Å²) < 4.78 is 12.6. The molecule has 0 bridgehead atoms. The van der Waals surface area contributed by atoms with Crippen LogP contribution in [0.15, 0.2) is 23.4 Å². The van der Waals surface area contributed by atoms with Gasteiger partial charge in [-0.1, -0.05) is 36.7 Å². The summed E-state index contributed by atoms with van der Waals surface area (Å²) in [6, 6.07) is 6.01. The van der Waals surface area contributed by atoms with Crippen LogP contribution in [0, 0.1) is 0 Å². The second kappa shape index (κ2) is 9.07. The summed E-state index contributed by atoms with van der Waals surface area (Å²) in [5.74, 6) is 1.60. The third-order valence-electron chi connectivity index (χ3n) is 4.78. The average Bonchev–Trinajstić information content (AvgIpc) is 3.36. The summed E-state index contributed by atoms with van der Waals surface area (Å²) in [5, 5.41) is 12.7. The highest BCUT2D eigenvalue weighted by molar-refractivity contribution is 7.99. The summed E-state index contributed by atoms with van der Waals surface area (Å²) in [4.78, 5) is 14.3. The molecule has 3 rings (SSSR count). The predicted molar refractivity (Wildman–Crippen MR) is 102 cm³/mol. The maximum Gasteiger partial charge on any atom is 0.233 e. The summed E-state index contributed by atoms with van der Waals surface area (Å²) in [6.07, 6.45) is 4.61. The number of para-hydroxylation sites is 1. The van der Waals surface area contributed by atoms with Crippen LogP contribution in [-0.2, 0) is 11.3 Å². The van der Waals surface area contributed by atoms with Gasteiger partial charge in [-0.15, -0.1) is 5.10 Å². The zero-order chi connectivity index (χ0) is 19.2. The Kier molecular flexibility index (Phi) is 6.54. The highest BCUT2D eigenvalue weighted by Gasteiger charge is 2.23. The minimum absolute atomic E-state index is 0.00541. The Bertz CT molecular complexity index is 776. The molecule has 0 unspecified atom stereocenters. The molecule has 8 nitrogen and oxygen atoms in total. The molecular formula is C18H25N5O3S. The molecule has 146 valence electrons. The van der Waals surface area contributed by atoms with Crippen LogP contribution in [0.4, 0.5) is 0 Å². The van der Waals surface area contributed by atoms with Crippen LogP contribution in [0.3, 0.4) is 0 Å². The maximum absolute atomic E-state index is 12.6. The van der Waals surface area contributed by atoms with Gasteiger partial charge in [-0.05, 0) is 29.3 Å². The van der Waals surface area contributed by atoms with Crippen LogP contribution in [0.5, 0.6) is 11.5 Å². The van der Waals surface area contributed by atoms with Gasteiger partial charge in [0.1, 0.15) is 0 Å². The number of ether oxygens (including phenoxy) is 2. The minimum Gasteiger partial charge on any atom is -0.493 e. The molecule has 1 aliphatic rings. The Morgan fingerprint density at radius 1 is 1.30 bits per heavy atom. The van der Waals surface area contributed by atoms with E-state index in [2.05, 4.69) is 15.5 Å². The number of nitrogens with zero attached hydrogens (tertiary/aromatic N) is 5. The average molecular weight is 391 g/mol. The van der Waals surface area contributed by atoms with Gasteiger partial charge in [-0.3, -0.25) is 4.79 Å². The van der Waals surface area contributed by atoms with Crippen molar-refractivity contribution in [3.05, 3.63) is 23.8 Å². The lowest BCUT2D eigenvalue weighted by molar-refractivity contribution is -0.127. The van der Waals surface area contributed by atoms with Gasteiger partial charge in [0.25, 0.3) is 0 Å². The Labute approximate surface area is 163 Å². The molecule has 0 spiro atoms. The molecule has 27 heavy (non-hydrogen) atoms. The molecule has 1 aliphatic carbocycles. The lowest BCUT2D eigenvalue weighted by Gasteiger charge is -2.20. The van der Waals surface area contributed by atoms with E-state index in [-0.39, 0.29) is 11.7 Å². The van der Waals surface area contributed by atoms with Crippen LogP contribution in [-0.4, -0.2) is 58.0 Å².